The van der Waals surface area contributed by atoms with Gasteiger partial charge >= 0.3 is 0 Å². The number of hydrogen-bond donors (Lipinski definition) is 2. The highest BCUT2D eigenvalue weighted by atomic mass is 35.5. The fraction of sp³-hybridized carbons (Fsp3) is 0.200. The van der Waals surface area contributed by atoms with Crippen LogP contribution in [0.5, 0.6) is 0 Å². The van der Waals surface area contributed by atoms with Gasteiger partial charge in [0.2, 0.25) is 0 Å². The van der Waals surface area contributed by atoms with Crippen LogP contribution in [0.4, 0.5) is 4.39 Å². The van der Waals surface area contributed by atoms with Crippen molar-refractivity contribution in [2.45, 2.75) is 12.5 Å². The van der Waals surface area contributed by atoms with Crippen LogP contribution in [0.15, 0.2) is 24.4 Å². The Morgan fingerprint density at radius 1 is 1.50 bits per heavy atom. The molecule has 1 heterocycles. The monoisotopic (exact) mass is 240 g/mol. The lowest BCUT2D eigenvalue weighted by atomic mass is 10.0. The van der Waals surface area contributed by atoms with E-state index in [2.05, 4.69) is 15.4 Å². The molecule has 1 aromatic heterocycles. The quantitative estimate of drug-likeness (QED) is 0.860. The van der Waals surface area contributed by atoms with Gasteiger partial charge in [0.1, 0.15) is 5.82 Å². The minimum Gasteiger partial charge on any atom is -0.322 e. The second-order valence-corrected chi connectivity index (χ2v) is 3.88. The Bertz CT molecular complexity index is 472. The van der Waals surface area contributed by atoms with Crippen LogP contribution in [0.1, 0.15) is 17.3 Å². The van der Waals surface area contributed by atoms with Crippen molar-refractivity contribution in [1.29, 1.82) is 0 Å². The molecule has 2 aromatic rings. The van der Waals surface area contributed by atoms with Crippen molar-refractivity contribution in [3.63, 3.8) is 0 Å². The molecule has 0 radical (unpaired) electrons. The molecule has 4 nitrogen and oxygen atoms in total. The molecule has 1 aromatic carbocycles. The first-order valence-corrected chi connectivity index (χ1v) is 5.10. The van der Waals surface area contributed by atoms with Gasteiger partial charge in [0.15, 0.2) is 0 Å². The highest BCUT2D eigenvalue weighted by molar-refractivity contribution is 6.30. The third kappa shape index (κ3) is 2.37. The van der Waals surface area contributed by atoms with E-state index >= 15 is 0 Å². The molecule has 84 valence electrons. The van der Waals surface area contributed by atoms with E-state index in [0.717, 1.165) is 0 Å². The van der Waals surface area contributed by atoms with E-state index in [4.69, 9.17) is 17.3 Å². The van der Waals surface area contributed by atoms with Crippen molar-refractivity contribution in [2.24, 2.45) is 5.73 Å². The molecule has 0 fully saturated rings. The number of halogens is 2. The standard InChI is InChI=1S/C10H10ClFN4/c11-7-2-1-6(8(12)4-7)3-9(13)10-5-14-16-15-10/h1-2,4-5,9H,3,13H2,(H,14,15,16). The van der Waals surface area contributed by atoms with E-state index < -0.39 is 0 Å². The fourth-order valence-electron chi connectivity index (χ4n) is 1.42. The van der Waals surface area contributed by atoms with Gasteiger partial charge in [-0.3, -0.25) is 0 Å². The summed E-state index contributed by atoms with van der Waals surface area (Å²) in [5.41, 5.74) is 6.98. The van der Waals surface area contributed by atoms with Gasteiger partial charge in [-0.05, 0) is 24.1 Å². The van der Waals surface area contributed by atoms with Gasteiger partial charge in [0.05, 0.1) is 17.9 Å². The minimum absolute atomic E-state index is 0.355. The van der Waals surface area contributed by atoms with Gasteiger partial charge in [0.25, 0.3) is 0 Å². The predicted molar refractivity (Wildman–Crippen MR) is 58.4 cm³/mol. The molecule has 1 atom stereocenters. The second-order valence-electron chi connectivity index (χ2n) is 3.44. The number of hydrogen-bond acceptors (Lipinski definition) is 3. The van der Waals surface area contributed by atoms with Crippen LogP contribution in [0.2, 0.25) is 5.02 Å². The van der Waals surface area contributed by atoms with Gasteiger partial charge in [-0.2, -0.15) is 15.4 Å². The molecular formula is C10H10ClFN4. The van der Waals surface area contributed by atoms with E-state index in [-0.39, 0.29) is 11.9 Å². The zero-order chi connectivity index (χ0) is 11.5. The Balaban J connectivity index is 2.15. The average Bonchev–Trinajstić information content (AvgIpc) is 2.75. The van der Waals surface area contributed by atoms with Crippen LogP contribution >= 0.6 is 11.6 Å². The summed E-state index contributed by atoms with van der Waals surface area (Å²) >= 11 is 5.65. The van der Waals surface area contributed by atoms with Crippen LogP contribution in [0.25, 0.3) is 0 Å². The highest BCUT2D eigenvalue weighted by Crippen LogP contribution is 2.19. The molecule has 0 aliphatic heterocycles. The first-order chi connectivity index (χ1) is 7.66. The minimum atomic E-state index is -0.380. The van der Waals surface area contributed by atoms with Gasteiger partial charge in [-0.25, -0.2) is 4.39 Å². The number of nitrogens with two attached hydrogens (primary N) is 1. The van der Waals surface area contributed by atoms with Crippen LogP contribution in [0.3, 0.4) is 0 Å². The maximum Gasteiger partial charge on any atom is 0.127 e. The SMILES string of the molecule is NC(Cc1ccc(Cl)cc1F)c1cn[nH]n1. The molecule has 16 heavy (non-hydrogen) atoms. The number of benzene rings is 1. The Morgan fingerprint density at radius 3 is 2.94 bits per heavy atom. The van der Waals surface area contributed by atoms with Crippen molar-refractivity contribution >= 4 is 11.6 Å². The molecule has 0 bridgehead atoms. The second kappa shape index (κ2) is 4.59. The topological polar surface area (TPSA) is 67.6 Å². The van der Waals surface area contributed by atoms with Crippen molar-refractivity contribution in [1.82, 2.24) is 15.4 Å². The van der Waals surface area contributed by atoms with E-state index in [1.165, 1.54) is 12.3 Å². The van der Waals surface area contributed by atoms with Crippen molar-refractivity contribution < 1.29 is 4.39 Å². The zero-order valence-electron chi connectivity index (χ0n) is 8.32. The number of rotatable bonds is 3. The smallest absolute Gasteiger partial charge is 0.127 e. The lowest BCUT2D eigenvalue weighted by molar-refractivity contribution is 0.589. The number of H-pyrrole nitrogens is 1. The molecule has 6 heteroatoms. The molecule has 1 unspecified atom stereocenters. The highest BCUT2D eigenvalue weighted by Gasteiger charge is 2.12. The summed E-state index contributed by atoms with van der Waals surface area (Å²) in [5, 5.41) is 10.3. The van der Waals surface area contributed by atoms with Gasteiger partial charge in [-0.1, -0.05) is 17.7 Å². The van der Waals surface area contributed by atoms with Crippen LogP contribution < -0.4 is 5.73 Å². The summed E-state index contributed by atoms with van der Waals surface area (Å²) in [5.74, 6) is -0.355. The van der Waals surface area contributed by atoms with Crippen LogP contribution in [0, 0.1) is 5.82 Å². The molecule has 3 N–H and O–H groups in total. The van der Waals surface area contributed by atoms with Gasteiger partial charge < -0.3 is 5.73 Å². The molecule has 2 rings (SSSR count). The van der Waals surface area contributed by atoms with E-state index in [9.17, 15) is 4.39 Å². The largest absolute Gasteiger partial charge is 0.322 e. The molecule has 0 amide bonds. The average molecular weight is 241 g/mol. The lowest BCUT2D eigenvalue weighted by Gasteiger charge is -2.09. The maximum absolute atomic E-state index is 13.5. The molecule has 0 spiro atoms. The van der Waals surface area contributed by atoms with Crippen molar-refractivity contribution in [3.05, 3.63) is 46.5 Å². The Hall–Kier alpha value is -1.46. The molecule has 0 aliphatic carbocycles. The molecule has 0 aliphatic rings. The summed E-state index contributed by atoms with van der Waals surface area (Å²) in [6, 6.07) is 4.15. The Labute approximate surface area is 96.6 Å². The first kappa shape index (κ1) is 11.0. The lowest BCUT2D eigenvalue weighted by Crippen LogP contribution is -2.14. The summed E-state index contributed by atoms with van der Waals surface area (Å²) in [7, 11) is 0. The molecule has 0 saturated carbocycles. The number of nitrogens with zero attached hydrogens (tertiary/aromatic N) is 2. The summed E-state index contributed by atoms with van der Waals surface area (Å²) in [6.07, 6.45) is 1.88. The maximum atomic E-state index is 13.5. The third-order valence-corrected chi connectivity index (χ3v) is 2.50. The number of aromatic amines is 1. The first-order valence-electron chi connectivity index (χ1n) is 4.72. The Kier molecular flexibility index (Phi) is 3.17. The summed E-state index contributed by atoms with van der Waals surface area (Å²) in [6.45, 7) is 0. The van der Waals surface area contributed by atoms with Crippen molar-refractivity contribution in [2.75, 3.05) is 0 Å². The zero-order valence-corrected chi connectivity index (χ0v) is 9.08. The summed E-state index contributed by atoms with van der Waals surface area (Å²) < 4.78 is 13.5. The fourth-order valence-corrected chi connectivity index (χ4v) is 1.58. The van der Waals surface area contributed by atoms with Gasteiger partial charge in [0, 0.05) is 5.02 Å². The van der Waals surface area contributed by atoms with Crippen LogP contribution in [-0.2, 0) is 6.42 Å². The van der Waals surface area contributed by atoms with E-state index in [1.807, 2.05) is 0 Å². The predicted octanol–water partition coefficient (Wildman–Crippen LogP) is 1.84. The van der Waals surface area contributed by atoms with Crippen molar-refractivity contribution in [3.8, 4) is 0 Å². The van der Waals surface area contributed by atoms with E-state index in [1.54, 1.807) is 12.1 Å². The third-order valence-electron chi connectivity index (χ3n) is 2.27. The normalized spacial score (nSPS) is 12.7. The molecule has 0 saturated heterocycles. The molecular weight excluding hydrogens is 231 g/mol. The number of aromatic nitrogens is 3. The van der Waals surface area contributed by atoms with Crippen LogP contribution in [-0.4, -0.2) is 15.4 Å². The van der Waals surface area contributed by atoms with E-state index in [0.29, 0.717) is 22.7 Å². The van der Waals surface area contributed by atoms with Gasteiger partial charge in [-0.15, -0.1) is 0 Å². The summed E-state index contributed by atoms with van der Waals surface area (Å²) in [4.78, 5) is 0. The number of nitrogens with one attached hydrogen (secondary N) is 1. The Morgan fingerprint density at radius 2 is 2.31 bits per heavy atom.